The van der Waals surface area contributed by atoms with Crippen LogP contribution in [0.3, 0.4) is 0 Å². The smallest absolute Gasteiger partial charge is 0.312 e. The first kappa shape index (κ1) is 14.5. The molecule has 0 aliphatic carbocycles. The predicted octanol–water partition coefficient (Wildman–Crippen LogP) is 0.0594. The van der Waals surface area contributed by atoms with Crippen LogP contribution in [0.1, 0.15) is 22.3 Å². The van der Waals surface area contributed by atoms with Gasteiger partial charge in [-0.3, -0.25) is 9.59 Å². The lowest BCUT2D eigenvalue weighted by molar-refractivity contribution is -0.136. The summed E-state index contributed by atoms with van der Waals surface area (Å²) < 4.78 is 0. The Morgan fingerprint density at radius 3 is 2.26 bits per heavy atom. The van der Waals surface area contributed by atoms with Crippen LogP contribution in [-0.4, -0.2) is 29.6 Å². The molecule has 1 rings (SSSR count). The fraction of sp³-hybridized carbons (Fsp3) is 0.250. The number of urea groups is 1. The molecule has 0 aliphatic rings. The summed E-state index contributed by atoms with van der Waals surface area (Å²) in [5.74, 6) is -1.30. The van der Waals surface area contributed by atoms with Gasteiger partial charge >= 0.3 is 12.0 Å². The maximum Gasteiger partial charge on any atom is 0.312 e. The lowest BCUT2D eigenvalue weighted by atomic mass is 10.1. The Morgan fingerprint density at radius 2 is 1.74 bits per heavy atom. The zero-order valence-corrected chi connectivity index (χ0v) is 10.2. The number of benzene rings is 1. The van der Waals surface area contributed by atoms with Crippen LogP contribution in [0.5, 0.6) is 0 Å². The largest absolute Gasteiger partial charge is 0.481 e. The van der Waals surface area contributed by atoms with Crippen LogP contribution in [0.15, 0.2) is 24.3 Å². The summed E-state index contributed by atoms with van der Waals surface area (Å²) >= 11 is 0. The fourth-order valence-corrected chi connectivity index (χ4v) is 1.35. The molecular formula is C12H15N3O4. The van der Waals surface area contributed by atoms with Crippen molar-refractivity contribution in [1.82, 2.24) is 10.6 Å². The third-order valence-corrected chi connectivity index (χ3v) is 2.31. The normalized spacial score (nSPS) is 9.68. The number of aliphatic carboxylic acids is 1. The molecule has 0 fully saturated rings. The number of carbonyl (C=O) groups excluding carboxylic acids is 2. The molecule has 0 atom stereocenters. The fourth-order valence-electron chi connectivity index (χ4n) is 1.35. The molecule has 102 valence electrons. The van der Waals surface area contributed by atoms with Gasteiger partial charge in [-0.05, 0) is 17.7 Å². The van der Waals surface area contributed by atoms with E-state index >= 15 is 0 Å². The highest BCUT2D eigenvalue weighted by atomic mass is 16.4. The van der Waals surface area contributed by atoms with Crippen molar-refractivity contribution in [2.45, 2.75) is 13.0 Å². The van der Waals surface area contributed by atoms with Gasteiger partial charge in [0.1, 0.15) is 0 Å². The highest BCUT2D eigenvalue weighted by Gasteiger charge is 2.06. The molecule has 0 bridgehead atoms. The zero-order chi connectivity index (χ0) is 14.3. The van der Waals surface area contributed by atoms with E-state index in [4.69, 9.17) is 10.8 Å². The summed E-state index contributed by atoms with van der Waals surface area (Å²) in [5.41, 5.74) is 6.17. The van der Waals surface area contributed by atoms with E-state index in [0.29, 0.717) is 5.56 Å². The van der Waals surface area contributed by atoms with Gasteiger partial charge in [-0.2, -0.15) is 0 Å². The maximum absolute atomic E-state index is 11.6. The number of rotatable bonds is 6. The SMILES string of the molecule is NC(=O)NCc1ccc(C(=O)NCCC(=O)O)cc1. The van der Waals surface area contributed by atoms with E-state index in [2.05, 4.69) is 10.6 Å². The average molecular weight is 265 g/mol. The molecule has 7 nitrogen and oxygen atoms in total. The minimum absolute atomic E-state index is 0.0825. The molecule has 0 aliphatic heterocycles. The quantitative estimate of drug-likeness (QED) is 0.581. The molecule has 5 N–H and O–H groups in total. The Labute approximate surface area is 109 Å². The summed E-state index contributed by atoms with van der Waals surface area (Å²) in [4.78, 5) is 32.4. The minimum Gasteiger partial charge on any atom is -0.481 e. The van der Waals surface area contributed by atoms with Crippen molar-refractivity contribution >= 4 is 17.9 Å². The molecular weight excluding hydrogens is 250 g/mol. The van der Waals surface area contributed by atoms with Crippen molar-refractivity contribution in [3.63, 3.8) is 0 Å². The minimum atomic E-state index is -0.965. The van der Waals surface area contributed by atoms with Crippen molar-refractivity contribution in [2.75, 3.05) is 6.54 Å². The van der Waals surface area contributed by atoms with E-state index in [1.54, 1.807) is 24.3 Å². The lowest BCUT2D eigenvalue weighted by Crippen LogP contribution is -2.28. The topological polar surface area (TPSA) is 122 Å². The third kappa shape index (κ3) is 5.53. The van der Waals surface area contributed by atoms with Gasteiger partial charge < -0.3 is 21.5 Å². The highest BCUT2D eigenvalue weighted by molar-refractivity contribution is 5.94. The van der Waals surface area contributed by atoms with Crippen LogP contribution in [0, 0.1) is 0 Å². The van der Waals surface area contributed by atoms with E-state index in [1.807, 2.05) is 0 Å². The van der Waals surface area contributed by atoms with Gasteiger partial charge in [0.2, 0.25) is 0 Å². The highest BCUT2D eigenvalue weighted by Crippen LogP contribution is 2.04. The van der Waals surface area contributed by atoms with Gasteiger partial charge in [-0.15, -0.1) is 0 Å². The molecule has 0 saturated carbocycles. The molecule has 7 heteroatoms. The second-order valence-electron chi connectivity index (χ2n) is 3.81. The third-order valence-electron chi connectivity index (χ3n) is 2.31. The van der Waals surface area contributed by atoms with Crippen LogP contribution in [0.25, 0.3) is 0 Å². The van der Waals surface area contributed by atoms with Crippen LogP contribution in [0.4, 0.5) is 4.79 Å². The number of primary amides is 1. The van der Waals surface area contributed by atoms with E-state index in [0.717, 1.165) is 5.56 Å². The van der Waals surface area contributed by atoms with Crippen LogP contribution in [0.2, 0.25) is 0 Å². The van der Waals surface area contributed by atoms with Crippen LogP contribution in [-0.2, 0) is 11.3 Å². The number of nitrogens with one attached hydrogen (secondary N) is 2. The number of carbonyl (C=O) groups is 3. The summed E-state index contributed by atoms with van der Waals surface area (Å²) in [7, 11) is 0. The van der Waals surface area contributed by atoms with E-state index in [-0.39, 0.29) is 25.4 Å². The molecule has 3 amide bonds. The number of nitrogens with two attached hydrogens (primary N) is 1. The number of hydrogen-bond acceptors (Lipinski definition) is 3. The predicted molar refractivity (Wildman–Crippen MR) is 67.5 cm³/mol. The number of hydrogen-bond donors (Lipinski definition) is 4. The first-order chi connectivity index (χ1) is 8.99. The first-order valence-corrected chi connectivity index (χ1v) is 5.61. The van der Waals surface area contributed by atoms with Gasteiger partial charge in [0.25, 0.3) is 5.91 Å². The van der Waals surface area contributed by atoms with Crippen molar-refractivity contribution < 1.29 is 19.5 Å². The second kappa shape index (κ2) is 7.00. The summed E-state index contributed by atoms with van der Waals surface area (Å²) in [6, 6.07) is 5.93. The molecule has 19 heavy (non-hydrogen) atoms. The monoisotopic (exact) mass is 265 g/mol. The van der Waals surface area contributed by atoms with E-state index in [9.17, 15) is 14.4 Å². The van der Waals surface area contributed by atoms with Gasteiger partial charge in [-0.1, -0.05) is 12.1 Å². The van der Waals surface area contributed by atoms with Gasteiger partial charge in [0, 0.05) is 18.7 Å². The van der Waals surface area contributed by atoms with Crippen molar-refractivity contribution in [3.8, 4) is 0 Å². The first-order valence-electron chi connectivity index (χ1n) is 5.61. The van der Waals surface area contributed by atoms with Crippen molar-refractivity contribution in [2.24, 2.45) is 5.73 Å². The number of amides is 3. The molecule has 0 unspecified atom stereocenters. The summed E-state index contributed by atoms with van der Waals surface area (Å²) in [6.45, 7) is 0.370. The lowest BCUT2D eigenvalue weighted by Gasteiger charge is -2.05. The molecule has 1 aromatic rings. The molecule has 0 heterocycles. The molecule has 1 aromatic carbocycles. The Morgan fingerprint density at radius 1 is 1.11 bits per heavy atom. The Kier molecular flexibility index (Phi) is 5.34. The van der Waals surface area contributed by atoms with Gasteiger partial charge in [0.05, 0.1) is 6.42 Å². The van der Waals surface area contributed by atoms with Crippen molar-refractivity contribution in [3.05, 3.63) is 35.4 Å². The zero-order valence-electron chi connectivity index (χ0n) is 10.2. The molecule has 0 saturated heterocycles. The van der Waals surface area contributed by atoms with Gasteiger partial charge in [-0.25, -0.2) is 4.79 Å². The maximum atomic E-state index is 11.6. The molecule has 0 aromatic heterocycles. The Bertz CT molecular complexity index is 470. The molecule has 0 radical (unpaired) electrons. The number of carboxylic acid groups (broad SMARTS) is 1. The Hall–Kier alpha value is -2.57. The summed E-state index contributed by atoms with van der Waals surface area (Å²) in [6.07, 6.45) is -0.119. The van der Waals surface area contributed by atoms with E-state index in [1.165, 1.54) is 0 Å². The summed E-state index contributed by atoms with van der Waals surface area (Å²) in [5, 5.41) is 13.4. The van der Waals surface area contributed by atoms with Gasteiger partial charge in [0.15, 0.2) is 0 Å². The van der Waals surface area contributed by atoms with Crippen molar-refractivity contribution in [1.29, 1.82) is 0 Å². The standard InChI is InChI=1S/C12H15N3O4/c13-12(19)15-7-8-1-3-9(4-2-8)11(18)14-6-5-10(16)17/h1-4H,5-7H2,(H,14,18)(H,16,17)(H3,13,15,19). The van der Waals surface area contributed by atoms with Crippen LogP contribution < -0.4 is 16.4 Å². The average Bonchev–Trinajstić information content (AvgIpc) is 2.36. The number of carboxylic acids is 1. The Balaban J connectivity index is 2.48. The van der Waals surface area contributed by atoms with Crippen LogP contribution >= 0.6 is 0 Å². The van der Waals surface area contributed by atoms with E-state index < -0.39 is 12.0 Å². The molecule has 0 spiro atoms. The second-order valence-corrected chi connectivity index (χ2v) is 3.81.